The number of aromatic nitrogens is 2. The first kappa shape index (κ1) is 13.9. The number of nitrogens with zero attached hydrogens (tertiary/aromatic N) is 3. The van der Waals surface area contributed by atoms with E-state index in [9.17, 15) is 8.42 Å². The van der Waals surface area contributed by atoms with Crippen LogP contribution in [-0.2, 0) is 16.6 Å². The Morgan fingerprint density at radius 3 is 2.94 bits per heavy atom. The summed E-state index contributed by atoms with van der Waals surface area (Å²) in [7, 11) is -2.00. The zero-order valence-corrected chi connectivity index (χ0v) is 10.6. The van der Waals surface area contributed by atoms with Crippen LogP contribution in [0.25, 0.3) is 0 Å². The minimum Gasteiger partial charge on any atom is -0.396 e. The van der Waals surface area contributed by atoms with Crippen molar-refractivity contribution in [1.82, 2.24) is 14.1 Å². The van der Waals surface area contributed by atoms with E-state index in [1.165, 1.54) is 34.5 Å². The maximum Gasteiger partial charge on any atom is 0.246 e. The first-order chi connectivity index (χ1) is 8.02. The lowest BCUT2D eigenvalue weighted by Gasteiger charge is -2.13. The molecule has 0 atom stereocenters. The third-order valence-corrected chi connectivity index (χ3v) is 4.03. The van der Waals surface area contributed by atoms with Gasteiger partial charge in [0.25, 0.3) is 0 Å². The molecule has 17 heavy (non-hydrogen) atoms. The molecule has 1 rings (SSSR count). The molecule has 96 valence electrons. The van der Waals surface area contributed by atoms with Crippen LogP contribution < -0.4 is 0 Å². The maximum absolute atomic E-state index is 12.0. The molecule has 0 unspecified atom stereocenters. The second-order valence-electron chi connectivity index (χ2n) is 3.59. The summed E-state index contributed by atoms with van der Waals surface area (Å²) < 4.78 is 26.7. The highest BCUT2D eigenvalue weighted by atomic mass is 32.2. The third-order valence-electron chi connectivity index (χ3n) is 2.25. The van der Waals surface area contributed by atoms with Gasteiger partial charge in [-0.2, -0.15) is 9.40 Å². The standard InChI is InChI=1S/C10H17N3O3S/c1-3-5-12(2)17(15,16)10-8-11-13(9-10)6-4-7-14/h3,8-9,14H,1,4-7H2,2H3. The van der Waals surface area contributed by atoms with E-state index in [4.69, 9.17) is 5.11 Å². The summed E-state index contributed by atoms with van der Waals surface area (Å²) in [6.45, 7) is 4.30. The van der Waals surface area contributed by atoms with Gasteiger partial charge in [-0.1, -0.05) is 6.08 Å². The fraction of sp³-hybridized carbons (Fsp3) is 0.500. The number of likely N-dealkylation sites (N-methyl/N-ethyl adjacent to an activating group) is 1. The summed E-state index contributed by atoms with van der Waals surface area (Å²) in [4.78, 5) is 0.153. The van der Waals surface area contributed by atoms with E-state index < -0.39 is 10.0 Å². The molecule has 0 spiro atoms. The molecule has 0 aliphatic heterocycles. The molecule has 0 saturated heterocycles. The smallest absolute Gasteiger partial charge is 0.246 e. The summed E-state index contributed by atoms with van der Waals surface area (Å²) >= 11 is 0. The van der Waals surface area contributed by atoms with Crippen molar-refractivity contribution >= 4 is 10.0 Å². The highest BCUT2D eigenvalue weighted by Gasteiger charge is 2.21. The van der Waals surface area contributed by atoms with Crippen LogP contribution in [-0.4, -0.2) is 47.8 Å². The van der Waals surface area contributed by atoms with Gasteiger partial charge in [-0.15, -0.1) is 6.58 Å². The van der Waals surface area contributed by atoms with E-state index in [1.807, 2.05) is 0 Å². The van der Waals surface area contributed by atoms with Gasteiger partial charge in [0, 0.05) is 32.9 Å². The monoisotopic (exact) mass is 259 g/mol. The predicted molar refractivity (Wildman–Crippen MR) is 63.9 cm³/mol. The lowest BCUT2D eigenvalue weighted by Crippen LogP contribution is -2.26. The number of aliphatic hydroxyl groups excluding tert-OH is 1. The fourth-order valence-electron chi connectivity index (χ4n) is 1.29. The van der Waals surface area contributed by atoms with E-state index in [0.29, 0.717) is 13.0 Å². The lowest BCUT2D eigenvalue weighted by atomic mass is 10.5. The van der Waals surface area contributed by atoms with Crippen LogP contribution in [0.3, 0.4) is 0 Å². The Kier molecular flexibility index (Phi) is 4.86. The van der Waals surface area contributed by atoms with Crippen LogP contribution in [0.15, 0.2) is 29.9 Å². The minimum absolute atomic E-state index is 0.0539. The van der Waals surface area contributed by atoms with Gasteiger partial charge in [-0.25, -0.2) is 8.42 Å². The second kappa shape index (κ2) is 5.95. The molecule has 1 aromatic rings. The van der Waals surface area contributed by atoms with Crippen LogP contribution in [0.1, 0.15) is 6.42 Å². The molecule has 0 radical (unpaired) electrons. The zero-order chi connectivity index (χ0) is 12.9. The van der Waals surface area contributed by atoms with Gasteiger partial charge >= 0.3 is 0 Å². The van der Waals surface area contributed by atoms with Crippen molar-refractivity contribution in [3.8, 4) is 0 Å². The van der Waals surface area contributed by atoms with Crippen LogP contribution in [0, 0.1) is 0 Å². The van der Waals surface area contributed by atoms with Crippen LogP contribution in [0.2, 0.25) is 0 Å². The second-order valence-corrected chi connectivity index (χ2v) is 5.64. The molecule has 0 aliphatic rings. The third kappa shape index (κ3) is 3.39. The molecule has 0 aromatic carbocycles. The van der Waals surface area contributed by atoms with E-state index in [0.717, 1.165) is 0 Å². The maximum atomic E-state index is 12.0. The Morgan fingerprint density at radius 2 is 2.35 bits per heavy atom. The molecular weight excluding hydrogens is 242 g/mol. The van der Waals surface area contributed by atoms with Gasteiger partial charge in [0.1, 0.15) is 4.90 Å². The number of aliphatic hydroxyl groups is 1. The molecular formula is C10H17N3O3S. The summed E-state index contributed by atoms with van der Waals surface area (Å²) in [5.41, 5.74) is 0. The van der Waals surface area contributed by atoms with Gasteiger partial charge in [-0.3, -0.25) is 4.68 Å². The van der Waals surface area contributed by atoms with Crippen molar-refractivity contribution in [2.24, 2.45) is 0 Å². The average molecular weight is 259 g/mol. The molecule has 0 amide bonds. The average Bonchev–Trinajstić information content (AvgIpc) is 2.75. The topological polar surface area (TPSA) is 75.4 Å². The summed E-state index contributed by atoms with van der Waals surface area (Å²) in [6, 6.07) is 0. The SMILES string of the molecule is C=CCN(C)S(=O)(=O)c1cnn(CCCO)c1. The Morgan fingerprint density at radius 1 is 1.65 bits per heavy atom. The fourth-order valence-corrected chi connectivity index (χ4v) is 2.39. The molecule has 0 aliphatic carbocycles. The molecule has 1 N–H and O–H groups in total. The Bertz CT molecular complexity index is 467. The van der Waals surface area contributed by atoms with Gasteiger partial charge in [0.2, 0.25) is 10.0 Å². The molecule has 0 bridgehead atoms. The van der Waals surface area contributed by atoms with Crippen LogP contribution in [0.5, 0.6) is 0 Å². The number of rotatable bonds is 7. The largest absolute Gasteiger partial charge is 0.396 e. The normalized spacial score (nSPS) is 11.9. The van der Waals surface area contributed by atoms with E-state index >= 15 is 0 Å². The molecule has 1 aromatic heterocycles. The molecule has 1 heterocycles. The first-order valence-electron chi connectivity index (χ1n) is 5.23. The van der Waals surface area contributed by atoms with Crippen molar-refractivity contribution in [2.45, 2.75) is 17.9 Å². The Balaban J connectivity index is 2.84. The Hall–Kier alpha value is -1.18. The summed E-state index contributed by atoms with van der Waals surface area (Å²) in [5.74, 6) is 0. The molecule has 0 fully saturated rings. The van der Waals surface area contributed by atoms with Crippen LogP contribution in [0.4, 0.5) is 0 Å². The van der Waals surface area contributed by atoms with Crippen molar-refractivity contribution in [3.05, 3.63) is 25.0 Å². The van der Waals surface area contributed by atoms with Gasteiger partial charge in [0.15, 0.2) is 0 Å². The van der Waals surface area contributed by atoms with Gasteiger partial charge in [-0.05, 0) is 6.42 Å². The predicted octanol–water partition coefficient (Wildman–Crippen LogP) is 0.0720. The number of hydrogen-bond acceptors (Lipinski definition) is 4. The quantitative estimate of drug-likeness (QED) is 0.703. The Labute approximate surface area is 101 Å². The summed E-state index contributed by atoms with van der Waals surface area (Å²) in [5, 5.41) is 12.6. The highest BCUT2D eigenvalue weighted by molar-refractivity contribution is 7.89. The number of sulfonamides is 1. The number of aryl methyl sites for hydroxylation is 1. The summed E-state index contributed by atoms with van der Waals surface area (Å²) in [6.07, 6.45) is 4.84. The zero-order valence-electron chi connectivity index (χ0n) is 9.78. The van der Waals surface area contributed by atoms with E-state index in [-0.39, 0.29) is 18.0 Å². The molecule has 6 nitrogen and oxygen atoms in total. The van der Waals surface area contributed by atoms with Crippen molar-refractivity contribution in [1.29, 1.82) is 0 Å². The van der Waals surface area contributed by atoms with E-state index in [2.05, 4.69) is 11.7 Å². The van der Waals surface area contributed by atoms with Crippen molar-refractivity contribution < 1.29 is 13.5 Å². The highest BCUT2D eigenvalue weighted by Crippen LogP contribution is 2.12. The van der Waals surface area contributed by atoms with Crippen LogP contribution >= 0.6 is 0 Å². The van der Waals surface area contributed by atoms with Crippen molar-refractivity contribution in [3.63, 3.8) is 0 Å². The lowest BCUT2D eigenvalue weighted by molar-refractivity contribution is 0.277. The van der Waals surface area contributed by atoms with E-state index in [1.54, 1.807) is 0 Å². The van der Waals surface area contributed by atoms with Gasteiger partial charge < -0.3 is 5.11 Å². The van der Waals surface area contributed by atoms with Gasteiger partial charge in [0.05, 0.1) is 6.20 Å². The van der Waals surface area contributed by atoms with Crippen molar-refractivity contribution in [2.75, 3.05) is 20.2 Å². The first-order valence-corrected chi connectivity index (χ1v) is 6.67. The number of hydrogen-bond donors (Lipinski definition) is 1. The minimum atomic E-state index is -3.49. The molecule has 7 heteroatoms. The molecule has 0 saturated carbocycles.